The van der Waals surface area contributed by atoms with E-state index in [-0.39, 0.29) is 5.91 Å². The molecule has 3 N–H and O–H groups in total. The number of aromatic nitrogens is 2. The van der Waals surface area contributed by atoms with Gasteiger partial charge in [-0.2, -0.15) is 0 Å². The minimum absolute atomic E-state index is 0.0747. The van der Waals surface area contributed by atoms with E-state index < -0.39 is 0 Å². The van der Waals surface area contributed by atoms with Gasteiger partial charge in [0, 0.05) is 18.3 Å². The summed E-state index contributed by atoms with van der Waals surface area (Å²) in [6, 6.07) is 0.436. The van der Waals surface area contributed by atoms with Crippen LogP contribution < -0.4 is 10.6 Å². The van der Waals surface area contributed by atoms with Gasteiger partial charge in [0.05, 0.1) is 18.6 Å². The van der Waals surface area contributed by atoms with Crippen LogP contribution in [0.3, 0.4) is 0 Å². The highest BCUT2D eigenvalue weighted by Crippen LogP contribution is 2.18. The molecule has 0 unspecified atom stereocenters. The number of nitrogens with one attached hydrogen (secondary N) is 3. The summed E-state index contributed by atoms with van der Waals surface area (Å²) in [6.45, 7) is 2.96. The summed E-state index contributed by atoms with van der Waals surface area (Å²) in [4.78, 5) is 18.4. The van der Waals surface area contributed by atoms with Crippen LogP contribution in [0.4, 0.5) is 0 Å². The van der Waals surface area contributed by atoms with Gasteiger partial charge in [-0.25, -0.2) is 4.98 Å². The molecule has 0 aromatic carbocycles. The molecule has 5 nitrogen and oxygen atoms in total. The highest BCUT2D eigenvalue weighted by atomic mass is 16.2. The van der Waals surface area contributed by atoms with Crippen molar-refractivity contribution in [2.75, 3.05) is 6.54 Å². The predicted molar refractivity (Wildman–Crippen MR) is 56.2 cm³/mol. The van der Waals surface area contributed by atoms with Gasteiger partial charge in [0.2, 0.25) is 5.91 Å². The third kappa shape index (κ3) is 3.06. The van der Waals surface area contributed by atoms with Crippen molar-refractivity contribution in [3.05, 3.63) is 17.7 Å². The van der Waals surface area contributed by atoms with Crippen LogP contribution in [-0.2, 0) is 11.3 Å². The number of nitrogens with zero attached hydrogens (tertiary/aromatic N) is 1. The number of hydrogen-bond acceptors (Lipinski definition) is 3. The zero-order valence-electron chi connectivity index (χ0n) is 8.84. The molecule has 1 aliphatic carbocycles. The summed E-state index contributed by atoms with van der Waals surface area (Å²) in [7, 11) is 0. The van der Waals surface area contributed by atoms with E-state index in [4.69, 9.17) is 0 Å². The number of aryl methyl sites for hydroxylation is 1. The molecule has 0 radical (unpaired) electrons. The summed E-state index contributed by atoms with van der Waals surface area (Å²) in [6.07, 6.45) is 3.92. The number of H-pyrrole nitrogens is 1. The normalized spacial score (nSPS) is 15.3. The summed E-state index contributed by atoms with van der Waals surface area (Å²) in [5.74, 6) is 0.0747. The van der Waals surface area contributed by atoms with Gasteiger partial charge in [-0.1, -0.05) is 0 Å². The smallest absolute Gasteiger partial charge is 0.234 e. The van der Waals surface area contributed by atoms with Crippen LogP contribution in [0.2, 0.25) is 0 Å². The van der Waals surface area contributed by atoms with Crippen molar-refractivity contribution in [3.63, 3.8) is 0 Å². The first kappa shape index (κ1) is 10.2. The van der Waals surface area contributed by atoms with Gasteiger partial charge in [0.15, 0.2) is 0 Å². The van der Waals surface area contributed by atoms with E-state index >= 15 is 0 Å². The van der Waals surface area contributed by atoms with Crippen LogP contribution in [0.5, 0.6) is 0 Å². The maximum Gasteiger partial charge on any atom is 0.234 e. The SMILES string of the molecule is Cc1[nH]cnc1CNCC(=O)NC1CC1. The molecular formula is C10H16N4O. The predicted octanol–water partition coefficient (Wildman–Crippen LogP) is 0.0863. The first-order valence-electron chi connectivity index (χ1n) is 5.24. The number of aromatic amines is 1. The van der Waals surface area contributed by atoms with Gasteiger partial charge in [0.25, 0.3) is 0 Å². The maximum atomic E-state index is 11.3. The molecule has 0 spiro atoms. The number of carbonyl (C=O) groups excluding carboxylic acids is 1. The highest BCUT2D eigenvalue weighted by molar-refractivity contribution is 5.78. The van der Waals surface area contributed by atoms with Crippen LogP contribution in [-0.4, -0.2) is 28.5 Å². The first-order valence-corrected chi connectivity index (χ1v) is 5.24. The molecule has 2 rings (SSSR count). The van der Waals surface area contributed by atoms with E-state index in [0.717, 1.165) is 24.2 Å². The lowest BCUT2D eigenvalue weighted by Gasteiger charge is -2.04. The second-order valence-corrected chi connectivity index (χ2v) is 3.92. The maximum absolute atomic E-state index is 11.3. The number of imidazole rings is 1. The number of carbonyl (C=O) groups is 1. The standard InChI is InChI=1S/C10H16N4O/c1-7-9(13-6-12-7)4-11-5-10(15)14-8-2-3-8/h6,8,11H,2-5H2,1H3,(H,12,13)(H,14,15). The van der Waals surface area contributed by atoms with Gasteiger partial charge >= 0.3 is 0 Å². The van der Waals surface area contributed by atoms with Crippen molar-refractivity contribution in [2.24, 2.45) is 0 Å². The molecule has 0 bridgehead atoms. The minimum atomic E-state index is 0.0747. The quantitative estimate of drug-likeness (QED) is 0.642. The van der Waals surface area contributed by atoms with Gasteiger partial charge in [0.1, 0.15) is 0 Å². The Labute approximate surface area is 88.7 Å². The van der Waals surface area contributed by atoms with E-state index in [1.807, 2.05) is 6.92 Å². The van der Waals surface area contributed by atoms with Crippen molar-refractivity contribution < 1.29 is 4.79 Å². The molecule has 82 valence electrons. The van der Waals surface area contributed by atoms with E-state index in [0.29, 0.717) is 19.1 Å². The second-order valence-electron chi connectivity index (χ2n) is 3.92. The van der Waals surface area contributed by atoms with Crippen LogP contribution in [0.1, 0.15) is 24.2 Å². The molecule has 0 aliphatic heterocycles. The van der Waals surface area contributed by atoms with Crippen molar-refractivity contribution in [3.8, 4) is 0 Å². The summed E-state index contributed by atoms with van der Waals surface area (Å²) < 4.78 is 0. The van der Waals surface area contributed by atoms with Crippen molar-refractivity contribution in [1.29, 1.82) is 0 Å². The Kier molecular flexibility index (Phi) is 3.01. The Balaban J connectivity index is 1.65. The number of amides is 1. The summed E-state index contributed by atoms with van der Waals surface area (Å²) in [5, 5.41) is 5.99. The molecular weight excluding hydrogens is 192 g/mol. The topological polar surface area (TPSA) is 69.8 Å². The van der Waals surface area contributed by atoms with E-state index in [9.17, 15) is 4.79 Å². The molecule has 1 amide bonds. The van der Waals surface area contributed by atoms with Crippen LogP contribution in [0.15, 0.2) is 6.33 Å². The van der Waals surface area contributed by atoms with Crippen LogP contribution >= 0.6 is 0 Å². The zero-order chi connectivity index (χ0) is 10.7. The Morgan fingerprint density at radius 3 is 3.07 bits per heavy atom. The third-order valence-corrected chi connectivity index (χ3v) is 2.45. The van der Waals surface area contributed by atoms with Gasteiger partial charge in [-0.3, -0.25) is 4.79 Å². The highest BCUT2D eigenvalue weighted by Gasteiger charge is 2.22. The van der Waals surface area contributed by atoms with Gasteiger partial charge in [-0.05, 0) is 19.8 Å². The number of hydrogen-bond donors (Lipinski definition) is 3. The molecule has 1 fully saturated rings. The van der Waals surface area contributed by atoms with Crippen LogP contribution in [0, 0.1) is 6.92 Å². The Bertz CT molecular complexity index is 343. The molecule has 0 saturated heterocycles. The molecule has 1 heterocycles. The Morgan fingerprint density at radius 2 is 2.47 bits per heavy atom. The molecule has 1 saturated carbocycles. The number of rotatable bonds is 5. The lowest BCUT2D eigenvalue weighted by Crippen LogP contribution is -2.34. The van der Waals surface area contributed by atoms with E-state index in [2.05, 4.69) is 20.6 Å². The largest absolute Gasteiger partial charge is 0.352 e. The fraction of sp³-hybridized carbons (Fsp3) is 0.600. The molecule has 5 heteroatoms. The second kappa shape index (κ2) is 4.44. The van der Waals surface area contributed by atoms with E-state index in [1.165, 1.54) is 0 Å². The van der Waals surface area contributed by atoms with Gasteiger partial charge in [-0.15, -0.1) is 0 Å². The molecule has 0 atom stereocenters. The summed E-state index contributed by atoms with van der Waals surface area (Å²) >= 11 is 0. The average Bonchev–Trinajstić information content (AvgIpc) is 2.91. The summed E-state index contributed by atoms with van der Waals surface area (Å²) in [5.41, 5.74) is 2.01. The molecule has 15 heavy (non-hydrogen) atoms. The minimum Gasteiger partial charge on any atom is -0.352 e. The molecule has 1 aromatic heterocycles. The Morgan fingerprint density at radius 1 is 1.67 bits per heavy atom. The van der Waals surface area contributed by atoms with Crippen LogP contribution in [0.25, 0.3) is 0 Å². The monoisotopic (exact) mass is 208 g/mol. The lowest BCUT2D eigenvalue weighted by molar-refractivity contribution is -0.120. The molecule has 1 aromatic rings. The fourth-order valence-electron chi connectivity index (χ4n) is 1.37. The van der Waals surface area contributed by atoms with Gasteiger partial charge < -0.3 is 15.6 Å². The van der Waals surface area contributed by atoms with Crippen molar-refractivity contribution in [1.82, 2.24) is 20.6 Å². The average molecular weight is 208 g/mol. The Hall–Kier alpha value is -1.36. The lowest BCUT2D eigenvalue weighted by atomic mass is 10.3. The zero-order valence-corrected chi connectivity index (χ0v) is 8.84. The first-order chi connectivity index (χ1) is 7.25. The fourth-order valence-corrected chi connectivity index (χ4v) is 1.37. The van der Waals surface area contributed by atoms with Crippen molar-refractivity contribution >= 4 is 5.91 Å². The van der Waals surface area contributed by atoms with E-state index in [1.54, 1.807) is 6.33 Å². The third-order valence-electron chi connectivity index (χ3n) is 2.45. The van der Waals surface area contributed by atoms with Crippen molar-refractivity contribution in [2.45, 2.75) is 32.4 Å². The molecule has 1 aliphatic rings.